The standard InChI is InChI=1S/C32H61NO8/c1-32(2,22-25-37-3)41-30(35)21-18-16-14-12-10-8-6-5-7-9-11-13-15-17-20-29(34)33-23-19-24-39-26-27-40-28-31(36)38-4/h5-28H2,1-4H3,(H,33,34). The van der Waals surface area contributed by atoms with E-state index in [0.717, 1.165) is 38.5 Å². The molecule has 0 rings (SSSR count). The van der Waals surface area contributed by atoms with Gasteiger partial charge in [0.25, 0.3) is 0 Å². The molecule has 0 fully saturated rings. The second kappa shape index (κ2) is 28.4. The van der Waals surface area contributed by atoms with Gasteiger partial charge < -0.3 is 29.0 Å². The zero-order valence-electron chi connectivity index (χ0n) is 26.7. The van der Waals surface area contributed by atoms with Gasteiger partial charge in [0.05, 0.1) is 20.3 Å². The lowest BCUT2D eigenvalue weighted by molar-refractivity contribution is -0.158. The highest BCUT2D eigenvalue weighted by Crippen LogP contribution is 2.17. The molecule has 0 saturated carbocycles. The Hall–Kier alpha value is -1.71. The molecule has 242 valence electrons. The summed E-state index contributed by atoms with van der Waals surface area (Å²) in [6, 6.07) is 0. The summed E-state index contributed by atoms with van der Waals surface area (Å²) in [4.78, 5) is 34.8. The molecule has 1 N–H and O–H groups in total. The number of nitrogens with one attached hydrogen (secondary N) is 1. The van der Waals surface area contributed by atoms with Gasteiger partial charge in [-0.15, -0.1) is 0 Å². The minimum atomic E-state index is -0.448. The molecule has 9 nitrogen and oxygen atoms in total. The van der Waals surface area contributed by atoms with Crippen molar-refractivity contribution in [1.29, 1.82) is 0 Å². The third kappa shape index (κ3) is 29.6. The van der Waals surface area contributed by atoms with Crippen molar-refractivity contribution in [2.45, 2.75) is 135 Å². The van der Waals surface area contributed by atoms with Crippen molar-refractivity contribution < 1.29 is 38.1 Å². The number of hydrogen-bond acceptors (Lipinski definition) is 8. The molecule has 0 atom stereocenters. The van der Waals surface area contributed by atoms with Gasteiger partial charge in [-0.05, 0) is 33.1 Å². The molecule has 0 saturated heterocycles. The Bertz CT molecular complexity index is 641. The van der Waals surface area contributed by atoms with Gasteiger partial charge in [0.15, 0.2) is 0 Å². The van der Waals surface area contributed by atoms with E-state index in [4.69, 9.17) is 18.9 Å². The number of ether oxygens (including phenoxy) is 5. The topological polar surface area (TPSA) is 109 Å². The fourth-order valence-corrected chi connectivity index (χ4v) is 4.36. The van der Waals surface area contributed by atoms with Crippen LogP contribution in [0.4, 0.5) is 0 Å². The van der Waals surface area contributed by atoms with E-state index in [9.17, 15) is 14.4 Å². The largest absolute Gasteiger partial charge is 0.467 e. The van der Waals surface area contributed by atoms with Gasteiger partial charge in [0.1, 0.15) is 12.2 Å². The average Bonchev–Trinajstić information content (AvgIpc) is 2.94. The first-order chi connectivity index (χ1) is 19.8. The van der Waals surface area contributed by atoms with Crippen LogP contribution in [0.15, 0.2) is 0 Å². The zero-order valence-corrected chi connectivity index (χ0v) is 26.7. The van der Waals surface area contributed by atoms with E-state index in [-0.39, 0.29) is 18.5 Å². The number of carbonyl (C=O) groups excluding carboxylic acids is 3. The summed E-state index contributed by atoms with van der Waals surface area (Å²) >= 11 is 0. The molecule has 0 aromatic rings. The van der Waals surface area contributed by atoms with Crippen molar-refractivity contribution in [1.82, 2.24) is 5.32 Å². The monoisotopic (exact) mass is 587 g/mol. The van der Waals surface area contributed by atoms with Gasteiger partial charge in [0.2, 0.25) is 5.91 Å². The lowest BCUT2D eigenvalue weighted by atomic mass is 10.0. The van der Waals surface area contributed by atoms with Crippen LogP contribution in [0.3, 0.4) is 0 Å². The minimum absolute atomic E-state index is 0.0587. The molecule has 9 heteroatoms. The van der Waals surface area contributed by atoms with E-state index in [0.29, 0.717) is 45.8 Å². The Morgan fingerprint density at radius 2 is 1.10 bits per heavy atom. The van der Waals surface area contributed by atoms with Gasteiger partial charge in [-0.2, -0.15) is 0 Å². The third-order valence-electron chi connectivity index (χ3n) is 6.94. The zero-order chi connectivity index (χ0) is 30.4. The van der Waals surface area contributed by atoms with Crippen molar-refractivity contribution in [2.75, 3.05) is 53.8 Å². The van der Waals surface area contributed by atoms with Gasteiger partial charge in [-0.3, -0.25) is 9.59 Å². The Morgan fingerprint density at radius 3 is 1.63 bits per heavy atom. The highest BCUT2D eigenvalue weighted by molar-refractivity contribution is 5.75. The van der Waals surface area contributed by atoms with E-state index in [1.165, 1.54) is 71.3 Å². The number of esters is 2. The second-order valence-electron chi connectivity index (χ2n) is 11.4. The summed E-state index contributed by atoms with van der Waals surface area (Å²) in [5.41, 5.74) is -0.448. The first-order valence-electron chi connectivity index (χ1n) is 16.0. The van der Waals surface area contributed by atoms with Gasteiger partial charge in [0, 0.05) is 46.1 Å². The van der Waals surface area contributed by atoms with Crippen LogP contribution in [-0.2, 0) is 38.1 Å². The predicted molar refractivity (Wildman–Crippen MR) is 162 cm³/mol. The molecule has 0 bridgehead atoms. The fraction of sp³-hybridized carbons (Fsp3) is 0.906. The lowest BCUT2D eigenvalue weighted by Gasteiger charge is -2.24. The predicted octanol–water partition coefficient (Wildman–Crippen LogP) is 6.30. The van der Waals surface area contributed by atoms with Gasteiger partial charge in [-0.1, -0.05) is 77.0 Å². The Balaban J connectivity index is 3.30. The van der Waals surface area contributed by atoms with Crippen LogP contribution in [-0.4, -0.2) is 77.2 Å². The normalized spacial score (nSPS) is 11.4. The van der Waals surface area contributed by atoms with Crippen molar-refractivity contribution >= 4 is 17.8 Å². The van der Waals surface area contributed by atoms with Crippen LogP contribution in [0.1, 0.15) is 129 Å². The molecule has 0 aliphatic carbocycles. The maximum atomic E-state index is 12.0. The van der Waals surface area contributed by atoms with Crippen LogP contribution in [0.5, 0.6) is 0 Å². The minimum Gasteiger partial charge on any atom is -0.467 e. The summed E-state index contributed by atoms with van der Waals surface area (Å²) < 4.78 is 25.6. The maximum absolute atomic E-state index is 12.0. The fourth-order valence-electron chi connectivity index (χ4n) is 4.36. The van der Waals surface area contributed by atoms with E-state index in [1.807, 2.05) is 13.8 Å². The molecule has 0 aromatic carbocycles. The summed E-state index contributed by atoms with van der Waals surface area (Å²) in [5, 5.41) is 2.94. The quantitative estimate of drug-likeness (QED) is 0.0770. The van der Waals surface area contributed by atoms with E-state index >= 15 is 0 Å². The highest BCUT2D eigenvalue weighted by atomic mass is 16.6. The molecular formula is C32H61NO8. The molecule has 0 spiro atoms. The van der Waals surface area contributed by atoms with Crippen molar-refractivity contribution in [3.05, 3.63) is 0 Å². The Morgan fingerprint density at radius 1 is 0.585 bits per heavy atom. The number of carbonyl (C=O) groups is 3. The van der Waals surface area contributed by atoms with Gasteiger partial charge in [-0.25, -0.2) is 4.79 Å². The smallest absolute Gasteiger partial charge is 0.331 e. The first-order valence-corrected chi connectivity index (χ1v) is 16.0. The molecule has 1 amide bonds. The number of methoxy groups -OCH3 is 2. The Kier molecular flexibility index (Phi) is 27.2. The maximum Gasteiger partial charge on any atom is 0.331 e. The summed E-state index contributed by atoms with van der Waals surface area (Å²) in [7, 11) is 2.99. The summed E-state index contributed by atoms with van der Waals surface area (Å²) in [6.45, 7) is 6.36. The third-order valence-corrected chi connectivity index (χ3v) is 6.94. The van der Waals surface area contributed by atoms with Crippen LogP contribution in [0, 0.1) is 0 Å². The first kappa shape index (κ1) is 39.3. The number of unbranched alkanes of at least 4 members (excludes halogenated alkanes) is 13. The molecule has 41 heavy (non-hydrogen) atoms. The average molecular weight is 588 g/mol. The molecular weight excluding hydrogens is 526 g/mol. The molecule has 0 aliphatic rings. The summed E-state index contributed by atoms with van der Waals surface area (Å²) in [6.07, 6.45) is 19.4. The highest BCUT2D eigenvalue weighted by Gasteiger charge is 2.22. The molecule has 0 aromatic heterocycles. The van der Waals surface area contributed by atoms with Crippen molar-refractivity contribution in [2.24, 2.45) is 0 Å². The van der Waals surface area contributed by atoms with Crippen LogP contribution in [0.25, 0.3) is 0 Å². The van der Waals surface area contributed by atoms with E-state index in [1.54, 1.807) is 7.11 Å². The van der Waals surface area contributed by atoms with Crippen molar-refractivity contribution in [3.63, 3.8) is 0 Å². The Labute approximate surface area is 250 Å². The van der Waals surface area contributed by atoms with Crippen LogP contribution in [0.2, 0.25) is 0 Å². The van der Waals surface area contributed by atoms with Crippen LogP contribution < -0.4 is 5.32 Å². The molecule has 0 aliphatic heterocycles. The van der Waals surface area contributed by atoms with Crippen molar-refractivity contribution in [3.8, 4) is 0 Å². The molecule has 0 unspecified atom stereocenters. The van der Waals surface area contributed by atoms with Crippen LogP contribution >= 0.6 is 0 Å². The number of hydrogen-bond donors (Lipinski definition) is 1. The molecule has 0 radical (unpaired) electrons. The van der Waals surface area contributed by atoms with E-state index < -0.39 is 11.6 Å². The van der Waals surface area contributed by atoms with E-state index in [2.05, 4.69) is 10.1 Å². The number of amides is 1. The summed E-state index contributed by atoms with van der Waals surface area (Å²) in [5.74, 6) is -0.373. The number of rotatable bonds is 30. The van der Waals surface area contributed by atoms with Gasteiger partial charge >= 0.3 is 11.9 Å². The second-order valence-corrected chi connectivity index (χ2v) is 11.4. The molecule has 0 heterocycles. The lowest BCUT2D eigenvalue weighted by Crippen LogP contribution is -2.29. The SMILES string of the molecule is COCCC(C)(C)OC(=O)CCCCCCCCCCCCCCCCC(=O)NCCCOCCOCC(=O)OC.